The van der Waals surface area contributed by atoms with Gasteiger partial charge in [0, 0.05) is 48.7 Å². The molecule has 0 bridgehead atoms. The van der Waals surface area contributed by atoms with Crippen LogP contribution in [0.15, 0.2) is 60.7 Å². The van der Waals surface area contributed by atoms with Gasteiger partial charge in [-0.3, -0.25) is 0 Å². The maximum Gasteiger partial charge on any atom is 0.328 e. The lowest BCUT2D eigenvalue weighted by molar-refractivity contribution is -0.134. The summed E-state index contributed by atoms with van der Waals surface area (Å²) in [5, 5.41) is 29.2. The fraction of sp³-hybridized carbons (Fsp3) is 0.385. The van der Waals surface area contributed by atoms with Crippen molar-refractivity contribution in [3.8, 4) is 0 Å². The second-order valence-electron chi connectivity index (χ2n) is 8.13. The molecule has 2 aliphatic heterocycles. The molecule has 2 aromatic carbocycles. The number of anilines is 2. The molecule has 0 aliphatic carbocycles. The Balaban J connectivity index is 0.000000187. The van der Waals surface area contributed by atoms with E-state index < -0.39 is 11.9 Å². The first-order valence-corrected chi connectivity index (χ1v) is 11.5. The van der Waals surface area contributed by atoms with Crippen LogP contribution < -0.4 is 21.3 Å². The Hall–Kier alpha value is -3.36. The van der Waals surface area contributed by atoms with Crippen molar-refractivity contribution in [3.63, 3.8) is 0 Å². The van der Waals surface area contributed by atoms with E-state index in [1.54, 1.807) is 0 Å². The molecule has 8 nitrogen and oxygen atoms in total. The molecule has 6 N–H and O–H groups in total. The van der Waals surface area contributed by atoms with E-state index in [4.69, 9.17) is 10.2 Å². The van der Waals surface area contributed by atoms with Gasteiger partial charge in [0.25, 0.3) is 0 Å². The Labute approximate surface area is 201 Å². The van der Waals surface area contributed by atoms with Crippen molar-refractivity contribution in [2.24, 2.45) is 0 Å². The smallest absolute Gasteiger partial charge is 0.328 e. The summed E-state index contributed by atoms with van der Waals surface area (Å²) < 4.78 is 0. The Morgan fingerprint density at radius 1 is 0.765 bits per heavy atom. The number of fused-ring (bicyclic) bond motifs is 2. The first-order valence-electron chi connectivity index (χ1n) is 11.5. The van der Waals surface area contributed by atoms with Crippen LogP contribution in [0.5, 0.6) is 0 Å². The average molecular weight is 469 g/mol. The summed E-state index contributed by atoms with van der Waals surface area (Å²) in [5.74, 6) is -2.51. The zero-order chi connectivity index (χ0) is 24.8. The number of nitrogens with one attached hydrogen (secondary N) is 4. The molecular weight excluding hydrogens is 432 g/mol. The minimum absolute atomic E-state index is 0.558. The molecule has 0 saturated carbocycles. The summed E-state index contributed by atoms with van der Waals surface area (Å²) in [4.78, 5) is 19.1. The third kappa shape index (κ3) is 9.64. The number of aliphatic carboxylic acids is 2. The number of para-hydroxylation sites is 2. The molecular formula is C26H36N4O4. The number of carboxylic acid groups (broad SMARTS) is 2. The number of benzene rings is 2. The van der Waals surface area contributed by atoms with Gasteiger partial charge < -0.3 is 31.5 Å². The van der Waals surface area contributed by atoms with Gasteiger partial charge in [0.2, 0.25) is 0 Å². The van der Waals surface area contributed by atoms with Gasteiger partial charge in [0.15, 0.2) is 0 Å². The number of carbonyl (C=O) groups is 2. The standard InChI is InChI=1S/2C11H16N2.C4H4O4/c2*1-12-10-7-6-9-4-2-3-5-11(9)13-8-10;5-3(6)1-2-4(7)8/h2*2-5,10,12-13H,6-8H2,1H3;1-2H,(H,5,6)(H,7,8)/b;;2-1+. The van der Waals surface area contributed by atoms with E-state index in [2.05, 4.69) is 69.8 Å². The fourth-order valence-corrected chi connectivity index (χ4v) is 3.79. The van der Waals surface area contributed by atoms with E-state index in [1.807, 2.05) is 14.1 Å². The topological polar surface area (TPSA) is 123 Å². The molecule has 2 aliphatic rings. The summed E-state index contributed by atoms with van der Waals surface area (Å²) in [6.45, 7) is 2.07. The maximum absolute atomic E-state index is 9.55. The maximum atomic E-state index is 9.55. The third-order valence-electron chi connectivity index (χ3n) is 5.82. The number of rotatable bonds is 4. The normalized spacial score (nSPS) is 18.6. The van der Waals surface area contributed by atoms with Crippen LogP contribution >= 0.6 is 0 Å². The van der Waals surface area contributed by atoms with Crippen LogP contribution in [-0.4, -0.2) is 61.4 Å². The lowest BCUT2D eigenvalue weighted by Gasteiger charge is -2.12. The van der Waals surface area contributed by atoms with Crippen molar-refractivity contribution in [1.82, 2.24) is 10.6 Å². The van der Waals surface area contributed by atoms with Crippen LogP contribution in [0.1, 0.15) is 24.0 Å². The average Bonchev–Trinajstić information content (AvgIpc) is 3.20. The molecule has 0 amide bonds. The van der Waals surface area contributed by atoms with Crippen LogP contribution in [0.4, 0.5) is 11.4 Å². The first kappa shape index (κ1) is 26.9. The van der Waals surface area contributed by atoms with Crippen molar-refractivity contribution < 1.29 is 19.8 Å². The molecule has 0 saturated heterocycles. The predicted molar refractivity (Wildman–Crippen MR) is 137 cm³/mol. The van der Waals surface area contributed by atoms with E-state index in [0.29, 0.717) is 24.2 Å². The highest BCUT2D eigenvalue weighted by atomic mass is 16.4. The van der Waals surface area contributed by atoms with Crippen LogP contribution in [0.2, 0.25) is 0 Å². The van der Waals surface area contributed by atoms with Gasteiger partial charge in [-0.1, -0.05) is 36.4 Å². The zero-order valence-electron chi connectivity index (χ0n) is 19.9. The van der Waals surface area contributed by atoms with Gasteiger partial charge in [-0.05, 0) is 63.0 Å². The second kappa shape index (κ2) is 14.7. The summed E-state index contributed by atoms with van der Waals surface area (Å²) in [7, 11) is 4.06. The van der Waals surface area contributed by atoms with Crippen molar-refractivity contribution in [3.05, 3.63) is 71.8 Å². The van der Waals surface area contributed by atoms with Crippen LogP contribution in [0.3, 0.4) is 0 Å². The van der Waals surface area contributed by atoms with Gasteiger partial charge in [0.05, 0.1) is 0 Å². The van der Waals surface area contributed by atoms with Gasteiger partial charge in [-0.15, -0.1) is 0 Å². The number of likely N-dealkylation sites (N-methyl/N-ethyl adjacent to an activating group) is 2. The van der Waals surface area contributed by atoms with Gasteiger partial charge >= 0.3 is 11.9 Å². The molecule has 0 spiro atoms. The van der Waals surface area contributed by atoms with Crippen molar-refractivity contribution in [1.29, 1.82) is 0 Å². The Bertz CT molecular complexity index is 818. The molecule has 0 radical (unpaired) electrons. The van der Waals surface area contributed by atoms with Crippen molar-refractivity contribution in [2.45, 2.75) is 37.8 Å². The van der Waals surface area contributed by atoms with E-state index in [9.17, 15) is 9.59 Å². The molecule has 0 fully saturated rings. The van der Waals surface area contributed by atoms with Gasteiger partial charge in [0.1, 0.15) is 0 Å². The quantitative estimate of drug-likeness (QED) is 0.379. The highest BCUT2D eigenvalue weighted by molar-refractivity contribution is 5.89. The van der Waals surface area contributed by atoms with Gasteiger partial charge in [-0.25, -0.2) is 9.59 Å². The highest BCUT2D eigenvalue weighted by Crippen LogP contribution is 2.21. The van der Waals surface area contributed by atoms with E-state index >= 15 is 0 Å². The molecule has 2 atom stereocenters. The minimum atomic E-state index is -1.26. The number of aryl methyl sites for hydroxylation is 2. The Morgan fingerprint density at radius 2 is 1.15 bits per heavy atom. The Kier molecular flexibility index (Phi) is 11.6. The Morgan fingerprint density at radius 3 is 1.50 bits per heavy atom. The first-order chi connectivity index (χ1) is 16.4. The fourth-order valence-electron chi connectivity index (χ4n) is 3.79. The lowest BCUT2D eigenvalue weighted by Crippen LogP contribution is -2.31. The van der Waals surface area contributed by atoms with Crippen LogP contribution in [0, 0.1) is 0 Å². The SMILES string of the molecule is CNC1CCc2ccccc2NC1.CNC1CCc2ccccc2NC1.O=C(O)/C=C/C(=O)O. The second-order valence-corrected chi connectivity index (χ2v) is 8.13. The molecule has 2 unspecified atom stereocenters. The number of hydrogen-bond acceptors (Lipinski definition) is 6. The molecule has 2 heterocycles. The molecule has 2 aromatic rings. The molecule has 184 valence electrons. The molecule has 8 heteroatoms. The van der Waals surface area contributed by atoms with Crippen LogP contribution in [0.25, 0.3) is 0 Å². The van der Waals surface area contributed by atoms with Crippen molar-refractivity contribution >= 4 is 23.3 Å². The summed E-state index contributed by atoms with van der Waals surface area (Å²) in [6.07, 6.45) is 5.91. The van der Waals surface area contributed by atoms with Gasteiger partial charge in [-0.2, -0.15) is 0 Å². The highest BCUT2D eigenvalue weighted by Gasteiger charge is 2.13. The van der Waals surface area contributed by atoms with Crippen molar-refractivity contribution in [2.75, 3.05) is 37.8 Å². The number of carboxylic acids is 2. The zero-order valence-corrected chi connectivity index (χ0v) is 19.9. The third-order valence-corrected chi connectivity index (χ3v) is 5.82. The predicted octanol–water partition coefficient (Wildman–Crippen LogP) is 2.98. The molecule has 4 rings (SSSR count). The summed E-state index contributed by atoms with van der Waals surface area (Å²) in [5.41, 5.74) is 5.50. The van der Waals surface area contributed by atoms with E-state index in [-0.39, 0.29) is 0 Å². The van der Waals surface area contributed by atoms with E-state index in [1.165, 1.54) is 48.2 Å². The summed E-state index contributed by atoms with van der Waals surface area (Å²) in [6, 6.07) is 18.3. The summed E-state index contributed by atoms with van der Waals surface area (Å²) >= 11 is 0. The molecule has 0 aromatic heterocycles. The molecule has 34 heavy (non-hydrogen) atoms. The largest absolute Gasteiger partial charge is 0.478 e. The lowest BCUT2D eigenvalue weighted by atomic mass is 10.1. The minimum Gasteiger partial charge on any atom is -0.478 e. The monoisotopic (exact) mass is 468 g/mol. The van der Waals surface area contributed by atoms with Crippen LogP contribution in [-0.2, 0) is 22.4 Å². The number of hydrogen-bond donors (Lipinski definition) is 6. The van der Waals surface area contributed by atoms with E-state index in [0.717, 1.165) is 13.1 Å².